The van der Waals surface area contributed by atoms with Gasteiger partial charge in [0.15, 0.2) is 16.8 Å². The van der Waals surface area contributed by atoms with Crippen molar-refractivity contribution in [2.45, 2.75) is 16.7 Å². The molecular formula is C23H21N5O3S2. The molecule has 2 aromatic carbocycles. The molecule has 1 aliphatic heterocycles. The molecule has 0 radical (unpaired) electrons. The van der Waals surface area contributed by atoms with Crippen molar-refractivity contribution in [3.05, 3.63) is 65.0 Å². The predicted octanol–water partition coefficient (Wildman–Crippen LogP) is 4.04. The number of hydrogen-bond acceptors (Lipinski definition) is 9. The number of ketones is 1. The quantitative estimate of drug-likeness (QED) is 0.269. The van der Waals surface area contributed by atoms with Crippen LogP contribution in [0.4, 0.5) is 5.69 Å². The number of thioether (sulfide) groups is 2. The Labute approximate surface area is 200 Å². The highest BCUT2D eigenvalue weighted by Crippen LogP contribution is 2.46. The molecule has 0 saturated heterocycles. The minimum absolute atomic E-state index is 0.0858. The van der Waals surface area contributed by atoms with Gasteiger partial charge in [-0.25, -0.2) is 0 Å². The van der Waals surface area contributed by atoms with E-state index in [1.54, 1.807) is 11.7 Å². The first-order chi connectivity index (χ1) is 16.0. The van der Waals surface area contributed by atoms with Crippen molar-refractivity contribution in [3.63, 3.8) is 0 Å². The molecule has 8 nitrogen and oxygen atoms in total. The topological polar surface area (TPSA) is 93.3 Å². The minimum Gasteiger partial charge on any atom is -0.497 e. The average molecular weight is 480 g/mol. The molecule has 0 atom stereocenters. The van der Waals surface area contributed by atoms with Gasteiger partial charge in [0.2, 0.25) is 0 Å². The molecule has 1 aromatic heterocycles. The molecule has 0 unspecified atom stereocenters. The van der Waals surface area contributed by atoms with Crippen molar-refractivity contribution < 1.29 is 14.3 Å². The molecule has 33 heavy (non-hydrogen) atoms. The van der Waals surface area contributed by atoms with Gasteiger partial charge in [0.05, 0.1) is 18.6 Å². The van der Waals surface area contributed by atoms with Crippen LogP contribution < -0.4 is 14.4 Å². The Kier molecular flexibility index (Phi) is 6.91. The maximum absolute atomic E-state index is 12.9. The van der Waals surface area contributed by atoms with Crippen molar-refractivity contribution in [1.29, 1.82) is 5.26 Å². The van der Waals surface area contributed by atoms with Crippen molar-refractivity contribution in [3.8, 4) is 17.6 Å². The summed E-state index contributed by atoms with van der Waals surface area (Å²) in [6, 6.07) is 17.2. The van der Waals surface area contributed by atoms with Gasteiger partial charge in [-0.1, -0.05) is 35.7 Å². The summed E-state index contributed by atoms with van der Waals surface area (Å²) in [5.74, 6) is 1.90. The molecule has 0 bridgehead atoms. The lowest BCUT2D eigenvalue weighted by atomic mass is 10.2. The van der Waals surface area contributed by atoms with E-state index < -0.39 is 0 Å². The summed E-state index contributed by atoms with van der Waals surface area (Å²) in [5, 5.41) is 19.2. The number of Topliss-reactive ketones (excluding diaryl/α,β-unsaturated/α-hetero) is 1. The predicted molar refractivity (Wildman–Crippen MR) is 127 cm³/mol. The van der Waals surface area contributed by atoms with Crippen LogP contribution in [0.3, 0.4) is 0 Å². The molecule has 10 heteroatoms. The molecule has 0 amide bonds. The number of para-hydroxylation sites is 1. The van der Waals surface area contributed by atoms with E-state index in [2.05, 4.69) is 16.3 Å². The fourth-order valence-corrected chi connectivity index (χ4v) is 5.13. The Morgan fingerprint density at radius 1 is 1.12 bits per heavy atom. The number of nitrogens with zero attached hydrogens (tertiary/aromatic N) is 5. The molecule has 2 heterocycles. The smallest absolute Gasteiger partial charge is 0.191 e. The van der Waals surface area contributed by atoms with Gasteiger partial charge in [-0.05, 0) is 36.4 Å². The summed E-state index contributed by atoms with van der Waals surface area (Å²) in [6.07, 6.45) is 0. The number of rotatable bonds is 8. The molecular weight excluding hydrogens is 458 g/mol. The second kappa shape index (κ2) is 10.0. The molecule has 0 N–H and O–H groups in total. The first kappa shape index (κ1) is 22.8. The summed E-state index contributed by atoms with van der Waals surface area (Å²) in [6.45, 7) is 0.234. The molecule has 4 rings (SSSR count). The number of carbonyl (C=O) groups is 1. The fraction of sp³-hybridized carbons (Fsp3) is 0.217. The van der Waals surface area contributed by atoms with E-state index in [1.165, 1.54) is 23.5 Å². The van der Waals surface area contributed by atoms with Gasteiger partial charge in [-0.3, -0.25) is 4.79 Å². The number of benzene rings is 2. The summed E-state index contributed by atoms with van der Waals surface area (Å²) >= 11 is 2.68. The third-order valence-electron chi connectivity index (χ3n) is 5.03. The second-order valence-corrected chi connectivity index (χ2v) is 9.03. The van der Waals surface area contributed by atoms with Crippen LogP contribution in [0.5, 0.6) is 11.5 Å². The Morgan fingerprint density at radius 2 is 1.85 bits per heavy atom. The number of aromatic nitrogens is 3. The van der Waals surface area contributed by atoms with Crippen LogP contribution in [0.1, 0.15) is 5.82 Å². The van der Waals surface area contributed by atoms with E-state index in [1.807, 2.05) is 67.5 Å². The SMILES string of the molecule is COc1ccc(OCc2nnc(SCC(=O)/C(C#N)=C3/Sc4ccccc4N3C)n2C)cc1. The normalized spacial score (nSPS) is 13.9. The molecule has 168 valence electrons. The fourth-order valence-electron chi connectivity index (χ4n) is 3.17. The molecule has 0 fully saturated rings. The highest BCUT2D eigenvalue weighted by molar-refractivity contribution is 8.03. The van der Waals surface area contributed by atoms with Crippen molar-refractivity contribution in [1.82, 2.24) is 14.8 Å². The van der Waals surface area contributed by atoms with Gasteiger partial charge >= 0.3 is 0 Å². The van der Waals surface area contributed by atoms with E-state index in [9.17, 15) is 10.1 Å². The number of anilines is 1. The number of ether oxygens (including phenoxy) is 2. The monoisotopic (exact) mass is 479 g/mol. The zero-order valence-electron chi connectivity index (χ0n) is 18.3. The number of methoxy groups -OCH3 is 1. The number of fused-ring (bicyclic) bond motifs is 1. The van der Waals surface area contributed by atoms with Crippen LogP contribution in [-0.4, -0.2) is 40.5 Å². The zero-order chi connectivity index (χ0) is 23.4. The van der Waals surface area contributed by atoms with Crippen LogP contribution >= 0.6 is 23.5 Å². The summed E-state index contributed by atoms with van der Waals surface area (Å²) in [4.78, 5) is 15.8. The van der Waals surface area contributed by atoms with Gasteiger partial charge in [0.1, 0.15) is 34.8 Å². The third-order valence-corrected chi connectivity index (χ3v) is 7.28. The maximum Gasteiger partial charge on any atom is 0.191 e. The van der Waals surface area contributed by atoms with E-state index in [-0.39, 0.29) is 23.7 Å². The third kappa shape index (κ3) is 4.84. The van der Waals surface area contributed by atoms with Gasteiger partial charge in [-0.15, -0.1) is 10.2 Å². The molecule has 0 aliphatic carbocycles. The largest absolute Gasteiger partial charge is 0.497 e. The first-order valence-electron chi connectivity index (χ1n) is 9.98. The Balaban J connectivity index is 1.39. The van der Waals surface area contributed by atoms with E-state index in [0.717, 1.165) is 16.3 Å². The standard InChI is InChI=1S/C23H21N5O3S2/c1-27-18-6-4-5-7-20(18)33-22(27)17(12-24)19(29)14-32-23-26-25-21(28(23)2)13-31-16-10-8-15(30-3)9-11-16/h4-11H,13-14H2,1-3H3/b22-17+. The number of allylic oxidation sites excluding steroid dienone is 1. The Morgan fingerprint density at radius 3 is 2.55 bits per heavy atom. The highest BCUT2D eigenvalue weighted by atomic mass is 32.2. The summed E-state index contributed by atoms with van der Waals surface area (Å²) in [7, 11) is 5.29. The van der Waals surface area contributed by atoms with Crippen molar-refractivity contribution >= 4 is 35.0 Å². The maximum atomic E-state index is 12.9. The van der Waals surface area contributed by atoms with Crippen LogP contribution in [0.25, 0.3) is 0 Å². The molecule has 1 aliphatic rings. The van der Waals surface area contributed by atoms with Crippen LogP contribution in [0.2, 0.25) is 0 Å². The van der Waals surface area contributed by atoms with Gasteiger partial charge < -0.3 is 18.9 Å². The van der Waals surface area contributed by atoms with Crippen molar-refractivity contribution in [2.75, 3.05) is 24.8 Å². The molecule has 3 aromatic rings. The van der Waals surface area contributed by atoms with Gasteiger partial charge in [0, 0.05) is 19.0 Å². The Hall–Kier alpha value is -3.42. The lowest BCUT2D eigenvalue weighted by molar-refractivity contribution is -0.112. The minimum atomic E-state index is -0.247. The van der Waals surface area contributed by atoms with Gasteiger partial charge in [0.25, 0.3) is 0 Å². The molecule has 0 saturated carbocycles. The lowest BCUT2D eigenvalue weighted by Crippen LogP contribution is -2.16. The number of carbonyl (C=O) groups excluding carboxylic acids is 1. The highest BCUT2D eigenvalue weighted by Gasteiger charge is 2.28. The molecule has 0 spiro atoms. The van der Waals surface area contributed by atoms with E-state index in [4.69, 9.17) is 9.47 Å². The number of hydrogen-bond donors (Lipinski definition) is 0. The van der Waals surface area contributed by atoms with Crippen molar-refractivity contribution in [2.24, 2.45) is 7.05 Å². The van der Waals surface area contributed by atoms with E-state index >= 15 is 0 Å². The lowest BCUT2D eigenvalue weighted by Gasteiger charge is -2.14. The number of nitriles is 1. The second-order valence-electron chi connectivity index (χ2n) is 7.05. The van der Waals surface area contributed by atoms with Crippen LogP contribution in [0, 0.1) is 11.3 Å². The van der Waals surface area contributed by atoms with Crippen LogP contribution in [-0.2, 0) is 18.4 Å². The average Bonchev–Trinajstić information content (AvgIpc) is 3.36. The van der Waals surface area contributed by atoms with E-state index in [0.29, 0.717) is 21.8 Å². The summed E-state index contributed by atoms with van der Waals surface area (Å²) < 4.78 is 12.7. The Bertz CT molecular complexity index is 1250. The van der Waals surface area contributed by atoms with Crippen LogP contribution in [0.15, 0.2) is 69.2 Å². The summed E-state index contributed by atoms with van der Waals surface area (Å²) in [5.41, 5.74) is 1.14. The zero-order valence-corrected chi connectivity index (χ0v) is 19.9. The first-order valence-corrected chi connectivity index (χ1v) is 11.8. The van der Waals surface area contributed by atoms with Gasteiger partial charge in [-0.2, -0.15) is 5.26 Å².